The Balaban J connectivity index is 1.60. The van der Waals surface area contributed by atoms with Crippen LogP contribution in [0.1, 0.15) is 11.1 Å². The molecule has 2 heterocycles. The number of aliphatic hydroxyl groups is 1. The van der Waals surface area contributed by atoms with Gasteiger partial charge in [-0.05, 0) is 11.1 Å². The molecule has 2 saturated heterocycles. The van der Waals surface area contributed by atoms with Gasteiger partial charge in [-0.15, -0.1) is 0 Å². The maximum absolute atomic E-state index is 13.6. The molecule has 2 aromatic rings. The molecule has 0 bridgehead atoms. The maximum atomic E-state index is 13.6. The molecule has 3 amide bonds. The predicted octanol–water partition coefficient (Wildman–Crippen LogP) is 1.18. The number of ether oxygens (including phenoxy) is 1. The minimum absolute atomic E-state index is 0.0521. The molecular formula is C22H25N3O4. The minimum atomic E-state index is -1.29. The summed E-state index contributed by atoms with van der Waals surface area (Å²) in [5, 5.41) is 13.5. The second kappa shape index (κ2) is 8.32. The molecular weight excluding hydrogens is 370 g/mol. The number of nitrogens with zero attached hydrogens (tertiary/aromatic N) is 2. The van der Waals surface area contributed by atoms with E-state index in [1.807, 2.05) is 60.7 Å². The van der Waals surface area contributed by atoms with Gasteiger partial charge in [-0.3, -0.25) is 14.6 Å². The van der Waals surface area contributed by atoms with Crippen LogP contribution >= 0.6 is 0 Å². The molecule has 4 rings (SSSR count). The first-order valence-electron chi connectivity index (χ1n) is 9.84. The van der Waals surface area contributed by atoms with Crippen LogP contribution in [-0.4, -0.2) is 72.3 Å². The van der Waals surface area contributed by atoms with Crippen LogP contribution < -0.4 is 5.32 Å². The van der Waals surface area contributed by atoms with E-state index >= 15 is 0 Å². The van der Waals surface area contributed by atoms with Gasteiger partial charge in [0, 0.05) is 19.6 Å². The van der Waals surface area contributed by atoms with Crippen LogP contribution in [0.3, 0.4) is 0 Å². The second-order valence-electron chi connectivity index (χ2n) is 7.39. The Hall–Kier alpha value is -2.74. The topological polar surface area (TPSA) is 82.1 Å². The number of rotatable bonds is 6. The van der Waals surface area contributed by atoms with Gasteiger partial charge in [-0.1, -0.05) is 60.7 Å². The molecule has 0 radical (unpaired) electrons. The van der Waals surface area contributed by atoms with Gasteiger partial charge in [0.05, 0.1) is 25.9 Å². The van der Waals surface area contributed by atoms with Crippen LogP contribution in [-0.2, 0) is 15.1 Å². The molecule has 29 heavy (non-hydrogen) atoms. The van der Waals surface area contributed by atoms with Gasteiger partial charge in [0.1, 0.15) is 0 Å². The van der Waals surface area contributed by atoms with Gasteiger partial charge in [0.25, 0.3) is 5.91 Å². The zero-order chi connectivity index (χ0) is 20.3. The molecule has 2 aromatic carbocycles. The summed E-state index contributed by atoms with van der Waals surface area (Å²) in [5.41, 5.74) is 0.0857. The number of carbonyl (C=O) groups excluding carboxylic acids is 2. The fourth-order valence-corrected chi connectivity index (χ4v) is 4.03. The number of β-amino-alcohol motifs (C(OH)–C–C–N with tert-alkyl or cyclic N) is 1. The number of amides is 3. The van der Waals surface area contributed by atoms with E-state index in [9.17, 15) is 14.7 Å². The van der Waals surface area contributed by atoms with Gasteiger partial charge < -0.3 is 15.2 Å². The van der Waals surface area contributed by atoms with Crippen LogP contribution in [0, 0.1) is 0 Å². The normalized spacial score (nSPS) is 20.5. The molecule has 0 unspecified atom stereocenters. The molecule has 2 aliphatic rings. The number of hydrogen-bond acceptors (Lipinski definition) is 5. The molecule has 2 N–H and O–H groups in total. The number of carbonyl (C=O) groups is 2. The van der Waals surface area contributed by atoms with Crippen LogP contribution in [0.5, 0.6) is 0 Å². The number of nitrogens with one attached hydrogen (secondary N) is 1. The van der Waals surface area contributed by atoms with Crippen LogP contribution in [0.25, 0.3) is 0 Å². The summed E-state index contributed by atoms with van der Waals surface area (Å²) in [5.74, 6) is -0.374. The summed E-state index contributed by atoms with van der Waals surface area (Å²) in [4.78, 5) is 29.6. The molecule has 2 fully saturated rings. The highest BCUT2D eigenvalue weighted by Gasteiger charge is 2.53. The van der Waals surface area contributed by atoms with Gasteiger partial charge in [0.2, 0.25) is 0 Å². The highest BCUT2D eigenvalue weighted by Crippen LogP contribution is 2.36. The first-order chi connectivity index (χ1) is 14.1. The smallest absolute Gasteiger partial charge is 0.325 e. The second-order valence-corrected chi connectivity index (χ2v) is 7.39. The van der Waals surface area contributed by atoms with E-state index in [2.05, 4.69) is 10.2 Å². The molecule has 2 aliphatic heterocycles. The Morgan fingerprint density at radius 1 is 0.931 bits per heavy atom. The summed E-state index contributed by atoms with van der Waals surface area (Å²) >= 11 is 0. The van der Waals surface area contributed by atoms with Crippen molar-refractivity contribution in [2.45, 2.75) is 11.6 Å². The summed E-state index contributed by atoms with van der Waals surface area (Å²) in [6, 6.07) is 17.9. The van der Waals surface area contributed by atoms with Crippen molar-refractivity contribution in [3.05, 3.63) is 71.8 Å². The average Bonchev–Trinajstić information content (AvgIpc) is 3.01. The van der Waals surface area contributed by atoms with Crippen molar-refractivity contribution in [3.63, 3.8) is 0 Å². The zero-order valence-corrected chi connectivity index (χ0v) is 16.2. The van der Waals surface area contributed by atoms with Crippen molar-refractivity contribution in [2.24, 2.45) is 0 Å². The van der Waals surface area contributed by atoms with E-state index in [0.717, 1.165) is 18.0 Å². The van der Waals surface area contributed by atoms with Gasteiger partial charge in [0.15, 0.2) is 5.54 Å². The molecule has 0 spiro atoms. The SMILES string of the molecule is O=C1NC(c2ccccc2)(c2ccccc2)C(=O)N1C[C@@H](O)CN1CCOCC1. The average molecular weight is 395 g/mol. The van der Waals surface area contributed by atoms with Crippen LogP contribution in [0.15, 0.2) is 60.7 Å². The molecule has 0 saturated carbocycles. The summed E-state index contributed by atoms with van der Waals surface area (Å²) in [6.45, 7) is 3.06. The third-order valence-corrected chi connectivity index (χ3v) is 5.49. The summed E-state index contributed by atoms with van der Waals surface area (Å²) in [7, 11) is 0. The number of hydrogen-bond donors (Lipinski definition) is 2. The Morgan fingerprint density at radius 2 is 1.48 bits per heavy atom. The summed E-state index contributed by atoms with van der Waals surface area (Å²) < 4.78 is 5.32. The Kier molecular flexibility index (Phi) is 5.62. The third-order valence-electron chi connectivity index (χ3n) is 5.49. The van der Waals surface area contributed by atoms with Crippen molar-refractivity contribution in [3.8, 4) is 0 Å². The Bertz CT molecular complexity index is 813. The van der Waals surface area contributed by atoms with Crippen LogP contribution in [0.2, 0.25) is 0 Å². The lowest BCUT2D eigenvalue weighted by molar-refractivity contribution is -0.131. The highest BCUT2D eigenvalue weighted by molar-refractivity contribution is 6.09. The van der Waals surface area contributed by atoms with E-state index in [1.165, 1.54) is 0 Å². The number of aliphatic hydroxyl groups excluding tert-OH is 1. The van der Waals surface area contributed by atoms with E-state index in [0.29, 0.717) is 30.9 Å². The van der Waals surface area contributed by atoms with Gasteiger partial charge >= 0.3 is 6.03 Å². The Labute approximate surface area is 169 Å². The van der Waals surface area contributed by atoms with E-state index in [1.54, 1.807) is 0 Å². The number of benzene rings is 2. The lowest BCUT2D eigenvalue weighted by Gasteiger charge is -2.30. The first-order valence-corrected chi connectivity index (χ1v) is 9.84. The maximum Gasteiger partial charge on any atom is 0.325 e. The lowest BCUT2D eigenvalue weighted by Crippen LogP contribution is -2.47. The minimum Gasteiger partial charge on any atom is -0.390 e. The standard InChI is InChI=1S/C22H25N3O4/c26-19(15-24-11-13-29-14-12-24)16-25-20(27)22(23-21(25)28,17-7-3-1-4-8-17)18-9-5-2-6-10-18/h1-10,19,26H,11-16H2,(H,23,28)/t19-/m0/s1. The molecule has 0 aromatic heterocycles. The van der Waals surface area contributed by atoms with Crippen molar-refractivity contribution in [1.29, 1.82) is 0 Å². The van der Waals surface area contributed by atoms with Crippen molar-refractivity contribution >= 4 is 11.9 Å². The molecule has 0 aliphatic carbocycles. The highest BCUT2D eigenvalue weighted by atomic mass is 16.5. The third kappa shape index (κ3) is 3.76. The Morgan fingerprint density at radius 3 is 2.03 bits per heavy atom. The number of morpholine rings is 1. The van der Waals surface area contributed by atoms with E-state index in [-0.39, 0.29) is 12.5 Å². The monoisotopic (exact) mass is 395 g/mol. The summed E-state index contributed by atoms with van der Waals surface area (Å²) in [6.07, 6.45) is -0.829. The van der Waals surface area contributed by atoms with Crippen molar-refractivity contribution in [1.82, 2.24) is 15.1 Å². The van der Waals surface area contributed by atoms with Gasteiger partial charge in [-0.25, -0.2) is 4.79 Å². The van der Waals surface area contributed by atoms with E-state index in [4.69, 9.17) is 4.74 Å². The molecule has 1 atom stereocenters. The fraction of sp³-hybridized carbons (Fsp3) is 0.364. The largest absolute Gasteiger partial charge is 0.390 e. The van der Waals surface area contributed by atoms with Gasteiger partial charge in [-0.2, -0.15) is 0 Å². The number of urea groups is 1. The molecule has 7 heteroatoms. The van der Waals surface area contributed by atoms with Crippen molar-refractivity contribution in [2.75, 3.05) is 39.4 Å². The number of imide groups is 1. The zero-order valence-electron chi connectivity index (χ0n) is 16.2. The molecule has 7 nitrogen and oxygen atoms in total. The molecule has 152 valence electrons. The fourth-order valence-electron chi connectivity index (χ4n) is 4.03. The predicted molar refractivity (Wildman–Crippen MR) is 107 cm³/mol. The lowest BCUT2D eigenvalue weighted by atomic mass is 9.82. The van der Waals surface area contributed by atoms with E-state index < -0.39 is 17.7 Å². The van der Waals surface area contributed by atoms with Crippen LogP contribution in [0.4, 0.5) is 4.79 Å². The first kappa shape index (κ1) is 19.6. The van der Waals surface area contributed by atoms with Crippen molar-refractivity contribution < 1.29 is 19.4 Å². The quantitative estimate of drug-likeness (QED) is 0.718.